The first kappa shape index (κ1) is 57.5. The summed E-state index contributed by atoms with van der Waals surface area (Å²) in [6.07, 6.45) is 17.9. The molecule has 0 fully saturated rings. The number of para-hydroxylation sites is 1. The number of nitrogens with zero attached hydrogens (tertiary/aromatic N) is 2. The SMILES string of the molecule is CCCCCCc1ccc(-c2cc(C(C)(C)C)cc(-c3ccccc3)c2N2c3ccccc3B3c4cc(CCCCCC)ccc4N(c4c(-c5ccccc5)cc(C(C)(C)C)cc4-c4ccccc4)c4cc(CCCCCC)cc2c43)cc1. The molecule has 0 bridgehead atoms. The Morgan fingerprint density at radius 1 is 0.313 bits per heavy atom. The van der Waals surface area contributed by atoms with Gasteiger partial charge in [0.25, 0.3) is 6.71 Å². The Bertz CT molecular complexity index is 3600. The molecule has 0 unspecified atom stereocenters. The van der Waals surface area contributed by atoms with Crippen LogP contribution >= 0.6 is 0 Å². The van der Waals surface area contributed by atoms with Gasteiger partial charge in [-0.05, 0) is 164 Å². The lowest BCUT2D eigenvalue weighted by atomic mass is 9.33. The maximum absolute atomic E-state index is 2.76. The molecule has 11 rings (SSSR count). The summed E-state index contributed by atoms with van der Waals surface area (Å²) in [5.74, 6) is 0. The van der Waals surface area contributed by atoms with Crippen LogP contribution in [0.1, 0.15) is 167 Å². The summed E-state index contributed by atoms with van der Waals surface area (Å²) >= 11 is 0. The summed E-state index contributed by atoms with van der Waals surface area (Å²) in [5.41, 5.74) is 28.3. The summed E-state index contributed by atoms with van der Waals surface area (Å²) in [6, 6.07) is 76.1. The van der Waals surface area contributed by atoms with Crippen LogP contribution in [-0.4, -0.2) is 6.71 Å². The molecule has 0 aliphatic carbocycles. The maximum Gasteiger partial charge on any atom is 0.252 e. The van der Waals surface area contributed by atoms with E-state index in [4.69, 9.17) is 0 Å². The number of aryl methyl sites for hydroxylation is 3. The second kappa shape index (κ2) is 25.2. The fourth-order valence-corrected chi connectivity index (χ4v) is 13.3. The smallest absolute Gasteiger partial charge is 0.252 e. The van der Waals surface area contributed by atoms with Crippen LogP contribution in [0, 0.1) is 0 Å². The van der Waals surface area contributed by atoms with Crippen LogP contribution in [0.4, 0.5) is 34.1 Å². The minimum atomic E-state index is -0.105. The average Bonchev–Trinajstić information content (AvgIpc) is 0.924. The van der Waals surface area contributed by atoms with E-state index in [-0.39, 0.29) is 17.5 Å². The van der Waals surface area contributed by atoms with Gasteiger partial charge in [0.2, 0.25) is 0 Å². The van der Waals surface area contributed by atoms with Gasteiger partial charge in [0.05, 0.1) is 11.4 Å². The number of unbranched alkanes of at least 4 members (excludes halogenated alkanes) is 9. The predicted octanol–water partition coefficient (Wildman–Crippen LogP) is 21.4. The van der Waals surface area contributed by atoms with Gasteiger partial charge in [-0.1, -0.05) is 266 Å². The number of anilines is 6. The number of rotatable bonds is 21. The van der Waals surface area contributed by atoms with Crippen LogP contribution in [0.25, 0.3) is 44.5 Å². The monoisotopic (exact) mass is 1090 g/mol. The molecular formula is C80H89BN2. The van der Waals surface area contributed by atoms with Crippen molar-refractivity contribution in [3.8, 4) is 44.5 Å². The molecule has 2 aliphatic heterocycles. The van der Waals surface area contributed by atoms with E-state index < -0.39 is 0 Å². The molecule has 9 aromatic rings. The molecule has 3 heteroatoms. The zero-order chi connectivity index (χ0) is 57.7. The molecule has 0 spiro atoms. The van der Waals surface area contributed by atoms with Gasteiger partial charge in [-0.3, -0.25) is 0 Å². The molecule has 0 atom stereocenters. The van der Waals surface area contributed by atoms with E-state index in [1.807, 2.05) is 0 Å². The number of benzene rings is 9. The van der Waals surface area contributed by atoms with Gasteiger partial charge in [-0.15, -0.1) is 0 Å². The third-order valence-electron chi connectivity index (χ3n) is 18.0. The Kier molecular flexibility index (Phi) is 17.5. The van der Waals surface area contributed by atoms with Crippen LogP contribution in [0.5, 0.6) is 0 Å². The Hall–Kier alpha value is -7.36. The molecule has 0 aromatic heterocycles. The third-order valence-corrected chi connectivity index (χ3v) is 18.0. The Balaban J connectivity index is 1.27. The first-order chi connectivity index (χ1) is 40.4. The summed E-state index contributed by atoms with van der Waals surface area (Å²) in [5, 5.41) is 0. The highest BCUT2D eigenvalue weighted by atomic mass is 15.2. The van der Waals surface area contributed by atoms with Crippen molar-refractivity contribution in [3.63, 3.8) is 0 Å². The normalized spacial score (nSPS) is 12.8. The quantitative estimate of drug-likeness (QED) is 0.0523. The lowest BCUT2D eigenvalue weighted by Gasteiger charge is -2.46. The first-order valence-electron chi connectivity index (χ1n) is 32.0. The molecule has 2 heterocycles. The van der Waals surface area contributed by atoms with Crippen molar-refractivity contribution in [1.29, 1.82) is 0 Å². The van der Waals surface area contributed by atoms with Gasteiger partial charge in [-0.25, -0.2) is 0 Å². The second-order valence-electron chi connectivity index (χ2n) is 26.2. The Labute approximate surface area is 500 Å². The van der Waals surface area contributed by atoms with E-state index in [1.54, 1.807) is 0 Å². The molecular weight excluding hydrogens is 1000 g/mol. The van der Waals surface area contributed by atoms with Crippen LogP contribution in [0.3, 0.4) is 0 Å². The molecule has 0 amide bonds. The number of hydrogen-bond donors (Lipinski definition) is 0. The van der Waals surface area contributed by atoms with Gasteiger partial charge in [0, 0.05) is 45.0 Å². The van der Waals surface area contributed by atoms with Gasteiger partial charge < -0.3 is 9.80 Å². The van der Waals surface area contributed by atoms with Gasteiger partial charge >= 0.3 is 0 Å². The third kappa shape index (κ3) is 12.1. The molecule has 0 radical (unpaired) electrons. The minimum Gasteiger partial charge on any atom is -0.310 e. The fraction of sp³-hybridized carbons (Fsp3) is 0.325. The summed E-state index contributed by atoms with van der Waals surface area (Å²) in [7, 11) is 0. The Morgan fingerprint density at radius 3 is 1.12 bits per heavy atom. The molecule has 2 nitrogen and oxygen atoms in total. The molecule has 83 heavy (non-hydrogen) atoms. The van der Waals surface area contributed by atoms with E-state index in [0.29, 0.717) is 0 Å². The zero-order valence-electron chi connectivity index (χ0n) is 51.6. The van der Waals surface area contributed by atoms with Crippen molar-refractivity contribution in [2.45, 2.75) is 169 Å². The van der Waals surface area contributed by atoms with Crippen molar-refractivity contribution >= 4 is 57.2 Å². The predicted molar refractivity (Wildman–Crippen MR) is 363 cm³/mol. The van der Waals surface area contributed by atoms with Crippen LogP contribution in [-0.2, 0) is 30.1 Å². The molecule has 0 saturated carbocycles. The average molecular weight is 1090 g/mol. The summed E-state index contributed by atoms with van der Waals surface area (Å²) in [4.78, 5) is 5.50. The van der Waals surface area contributed by atoms with Crippen LogP contribution in [0.2, 0.25) is 0 Å². The zero-order valence-corrected chi connectivity index (χ0v) is 51.6. The van der Waals surface area contributed by atoms with Gasteiger partial charge in [-0.2, -0.15) is 0 Å². The van der Waals surface area contributed by atoms with E-state index >= 15 is 0 Å². The molecule has 2 aliphatic rings. The standard InChI is InChI=1S/C80H89BN2/c1-10-13-16-22-33-57-44-47-63(48-45-57)69-56-65(80(7,8)9)55-68(62-40-29-21-30-41-62)78(69)82-72-43-32-31-42-70(72)81-71-50-58(34-23-17-14-11-2)46-49-73(71)83(75-52-59(35-24-18-15-12-3)51-74(82)76(75)81)77-66(60-36-25-19-26-37-60)53-64(79(4,5)6)54-67(77)61-38-27-20-28-39-61/h19-21,25-32,36-56H,10-18,22-24,33-35H2,1-9H3. The number of fused-ring (bicyclic) bond motifs is 4. The Morgan fingerprint density at radius 2 is 0.687 bits per heavy atom. The lowest BCUT2D eigenvalue weighted by Crippen LogP contribution is -2.61. The van der Waals surface area contributed by atoms with Crippen molar-refractivity contribution < 1.29 is 0 Å². The van der Waals surface area contributed by atoms with E-state index in [9.17, 15) is 0 Å². The molecule has 0 N–H and O–H groups in total. The largest absolute Gasteiger partial charge is 0.310 e. The fourth-order valence-electron chi connectivity index (χ4n) is 13.3. The van der Waals surface area contributed by atoms with Crippen molar-refractivity contribution in [2.75, 3.05) is 9.80 Å². The highest BCUT2D eigenvalue weighted by molar-refractivity contribution is 7.00. The van der Waals surface area contributed by atoms with Crippen molar-refractivity contribution in [1.82, 2.24) is 0 Å². The lowest BCUT2D eigenvalue weighted by molar-refractivity contribution is 0.590. The second-order valence-corrected chi connectivity index (χ2v) is 26.2. The van der Waals surface area contributed by atoms with E-state index in [1.165, 1.54) is 193 Å². The van der Waals surface area contributed by atoms with Crippen molar-refractivity contribution in [2.24, 2.45) is 0 Å². The van der Waals surface area contributed by atoms with Crippen molar-refractivity contribution in [3.05, 3.63) is 222 Å². The highest BCUT2D eigenvalue weighted by Crippen LogP contribution is 2.54. The van der Waals surface area contributed by atoms with Gasteiger partial charge in [0.1, 0.15) is 0 Å². The molecule has 0 saturated heterocycles. The van der Waals surface area contributed by atoms with E-state index in [0.717, 1.165) is 25.7 Å². The van der Waals surface area contributed by atoms with Crippen LogP contribution < -0.4 is 26.2 Å². The summed E-state index contributed by atoms with van der Waals surface area (Å²) in [6.45, 7) is 21.2. The van der Waals surface area contributed by atoms with Gasteiger partial charge in [0.15, 0.2) is 0 Å². The van der Waals surface area contributed by atoms with E-state index in [2.05, 4.69) is 266 Å². The first-order valence-corrected chi connectivity index (χ1v) is 32.0. The number of hydrogen-bond acceptors (Lipinski definition) is 2. The molecule has 9 aromatic carbocycles. The highest BCUT2D eigenvalue weighted by Gasteiger charge is 2.45. The minimum absolute atomic E-state index is 0.0119. The topological polar surface area (TPSA) is 6.48 Å². The van der Waals surface area contributed by atoms with Crippen LogP contribution in [0.15, 0.2) is 194 Å². The molecule has 422 valence electrons. The summed E-state index contributed by atoms with van der Waals surface area (Å²) < 4.78 is 0. The maximum atomic E-state index is 2.76.